The second-order valence-corrected chi connectivity index (χ2v) is 6.02. The number of nitrogens with one attached hydrogen (secondary N) is 2. The number of rotatable bonds is 3. The van der Waals surface area contributed by atoms with Crippen LogP contribution in [0.5, 0.6) is 0 Å². The van der Waals surface area contributed by atoms with Crippen LogP contribution in [0.25, 0.3) is 0 Å². The highest BCUT2D eigenvalue weighted by Gasteiger charge is 2.04. The zero-order valence-electron chi connectivity index (χ0n) is 11.2. The van der Waals surface area contributed by atoms with Crippen molar-refractivity contribution in [1.29, 1.82) is 0 Å². The molecule has 0 aliphatic carbocycles. The van der Waals surface area contributed by atoms with Crippen molar-refractivity contribution in [2.45, 2.75) is 6.92 Å². The molecule has 0 unspecified atom stereocenters. The van der Waals surface area contributed by atoms with Gasteiger partial charge in [0.05, 0.1) is 5.71 Å². The summed E-state index contributed by atoms with van der Waals surface area (Å²) in [5.74, 6) is 0. The normalized spacial score (nSPS) is 11.1. The number of hydrogen-bond acceptors (Lipinski definition) is 2. The summed E-state index contributed by atoms with van der Waals surface area (Å²) >= 11 is 6.79. The molecule has 0 radical (unpaired) electrons. The minimum absolute atomic E-state index is 0.385. The number of benzene rings is 2. The largest absolute Gasteiger partial charge is 0.339 e. The molecule has 2 aromatic carbocycles. The quantitative estimate of drug-likeness (QED) is 0.556. The van der Waals surface area contributed by atoms with E-state index in [1.165, 1.54) is 0 Å². The van der Waals surface area contributed by atoms with Crippen molar-refractivity contribution >= 4 is 49.3 Å². The lowest BCUT2D eigenvalue weighted by Gasteiger charge is -2.06. The number of urea groups is 1. The van der Waals surface area contributed by atoms with Gasteiger partial charge in [0.1, 0.15) is 0 Å². The molecule has 0 aliphatic rings. The molecule has 0 aliphatic heterocycles. The van der Waals surface area contributed by atoms with Gasteiger partial charge in [-0.2, -0.15) is 5.10 Å². The predicted octanol–water partition coefficient (Wildman–Crippen LogP) is 4.76. The van der Waals surface area contributed by atoms with Gasteiger partial charge in [-0.05, 0) is 37.3 Å². The number of hydrazone groups is 1. The average molecular weight is 411 g/mol. The Labute approximate surface area is 139 Å². The van der Waals surface area contributed by atoms with Gasteiger partial charge in [-0.15, -0.1) is 0 Å². The molecule has 2 rings (SSSR count). The zero-order valence-corrected chi connectivity index (χ0v) is 14.4. The van der Waals surface area contributed by atoms with Gasteiger partial charge in [-0.1, -0.05) is 50.1 Å². The summed E-state index contributed by atoms with van der Waals surface area (Å²) in [5.41, 5.74) is 4.82. The fourth-order valence-corrected chi connectivity index (χ4v) is 2.48. The Hall–Kier alpha value is -1.66. The Morgan fingerprint density at radius 1 is 1.05 bits per heavy atom. The second kappa shape index (κ2) is 7.38. The molecule has 108 valence electrons. The molecule has 0 spiro atoms. The van der Waals surface area contributed by atoms with Gasteiger partial charge in [-0.25, -0.2) is 10.2 Å². The Morgan fingerprint density at radius 3 is 2.38 bits per heavy atom. The van der Waals surface area contributed by atoms with Gasteiger partial charge in [-0.3, -0.25) is 0 Å². The second-order valence-electron chi connectivity index (χ2n) is 4.25. The third kappa shape index (κ3) is 4.68. The van der Waals surface area contributed by atoms with Crippen LogP contribution >= 0.6 is 31.9 Å². The minimum Gasteiger partial charge on any atom is -0.307 e. The van der Waals surface area contributed by atoms with Crippen molar-refractivity contribution in [3.8, 4) is 0 Å². The molecular formula is C15H13Br2N3O. The molecule has 6 heteroatoms. The van der Waals surface area contributed by atoms with Crippen molar-refractivity contribution in [2.24, 2.45) is 5.10 Å². The molecule has 0 atom stereocenters. The van der Waals surface area contributed by atoms with Crippen LogP contribution in [0.15, 0.2) is 62.6 Å². The summed E-state index contributed by atoms with van der Waals surface area (Å²) in [4.78, 5) is 11.8. The number of carbonyl (C=O) groups is 1. The Balaban J connectivity index is 1.98. The third-order valence-corrected chi connectivity index (χ3v) is 3.91. The van der Waals surface area contributed by atoms with E-state index in [9.17, 15) is 4.79 Å². The van der Waals surface area contributed by atoms with Gasteiger partial charge in [0.25, 0.3) is 0 Å². The Morgan fingerprint density at radius 2 is 1.71 bits per heavy atom. The maximum Gasteiger partial charge on any atom is 0.339 e. The molecule has 4 nitrogen and oxygen atoms in total. The lowest BCUT2D eigenvalue weighted by Crippen LogP contribution is -2.25. The van der Waals surface area contributed by atoms with Gasteiger partial charge in [0, 0.05) is 20.2 Å². The number of anilines is 1. The van der Waals surface area contributed by atoms with Gasteiger partial charge < -0.3 is 5.32 Å². The van der Waals surface area contributed by atoms with Gasteiger partial charge in [0.2, 0.25) is 0 Å². The number of amides is 2. The molecule has 0 saturated heterocycles. The van der Waals surface area contributed by atoms with Crippen molar-refractivity contribution < 1.29 is 4.79 Å². The number of nitrogens with zero attached hydrogens (tertiary/aromatic N) is 1. The molecule has 0 aromatic heterocycles. The lowest BCUT2D eigenvalue weighted by molar-refractivity contribution is 0.252. The molecule has 2 N–H and O–H groups in total. The highest BCUT2D eigenvalue weighted by Crippen LogP contribution is 2.16. The summed E-state index contributed by atoms with van der Waals surface area (Å²) in [7, 11) is 0. The monoisotopic (exact) mass is 409 g/mol. The summed E-state index contributed by atoms with van der Waals surface area (Å²) in [5, 5.41) is 6.79. The first-order chi connectivity index (χ1) is 10.1. The molecule has 0 saturated carbocycles. The number of hydrogen-bond donors (Lipinski definition) is 2. The molecule has 0 bridgehead atoms. The average Bonchev–Trinajstić information content (AvgIpc) is 2.48. The molecular weight excluding hydrogens is 398 g/mol. The third-order valence-electron chi connectivity index (χ3n) is 2.69. The van der Waals surface area contributed by atoms with E-state index in [-0.39, 0.29) is 6.03 Å². The molecule has 0 fully saturated rings. The van der Waals surface area contributed by atoms with E-state index in [1.807, 2.05) is 43.3 Å². The smallest absolute Gasteiger partial charge is 0.307 e. The van der Waals surface area contributed by atoms with Crippen LogP contribution in [0.2, 0.25) is 0 Å². The minimum atomic E-state index is -0.385. The van der Waals surface area contributed by atoms with Crippen LogP contribution in [-0.2, 0) is 0 Å². The standard InChI is InChI=1S/C15H13Br2N3O/c1-10(13-4-2-3-5-14(13)17)19-20-15(21)18-12-8-6-11(16)7-9-12/h2-9H,1H3,(H2,18,20,21)/b19-10+. The van der Waals surface area contributed by atoms with Crippen molar-refractivity contribution in [1.82, 2.24) is 5.43 Å². The molecule has 21 heavy (non-hydrogen) atoms. The topological polar surface area (TPSA) is 53.5 Å². The van der Waals surface area contributed by atoms with Crippen LogP contribution < -0.4 is 10.7 Å². The van der Waals surface area contributed by atoms with Crippen LogP contribution in [0.4, 0.5) is 10.5 Å². The van der Waals surface area contributed by atoms with Gasteiger partial charge >= 0.3 is 6.03 Å². The SMILES string of the molecule is C/C(=N\NC(=O)Nc1ccc(Br)cc1)c1ccccc1Br. The van der Waals surface area contributed by atoms with Crippen LogP contribution in [-0.4, -0.2) is 11.7 Å². The first kappa shape index (κ1) is 15.7. The Kier molecular flexibility index (Phi) is 5.52. The lowest BCUT2D eigenvalue weighted by atomic mass is 10.1. The van der Waals surface area contributed by atoms with Gasteiger partial charge in [0.15, 0.2) is 0 Å². The molecule has 2 aromatic rings. The van der Waals surface area contributed by atoms with E-state index in [4.69, 9.17) is 0 Å². The summed E-state index contributed by atoms with van der Waals surface area (Å²) in [6, 6.07) is 14.6. The van der Waals surface area contributed by atoms with E-state index in [0.717, 1.165) is 14.5 Å². The van der Waals surface area contributed by atoms with E-state index in [1.54, 1.807) is 12.1 Å². The summed E-state index contributed by atoms with van der Waals surface area (Å²) in [6.07, 6.45) is 0. The molecule has 0 heterocycles. The maximum atomic E-state index is 11.8. The predicted molar refractivity (Wildman–Crippen MR) is 92.6 cm³/mol. The van der Waals surface area contributed by atoms with E-state index in [2.05, 4.69) is 47.7 Å². The summed E-state index contributed by atoms with van der Waals surface area (Å²) < 4.78 is 1.89. The maximum absolute atomic E-state index is 11.8. The highest BCUT2D eigenvalue weighted by molar-refractivity contribution is 9.10. The van der Waals surface area contributed by atoms with Crippen molar-refractivity contribution in [2.75, 3.05) is 5.32 Å². The fourth-order valence-electron chi connectivity index (χ4n) is 1.64. The highest BCUT2D eigenvalue weighted by atomic mass is 79.9. The Bertz CT molecular complexity index is 669. The number of carbonyl (C=O) groups excluding carboxylic acids is 1. The van der Waals surface area contributed by atoms with Crippen LogP contribution in [0.1, 0.15) is 12.5 Å². The van der Waals surface area contributed by atoms with Crippen molar-refractivity contribution in [3.63, 3.8) is 0 Å². The first-order valence-corrected chi connectivity index (χ1v) is 7.76. The first-order valence-electron chi connectivity index (χ1n) is 6.18. The van der Waals surface area contributed by atoms with E-state index in [0.29, 0.717) is 11.4 Å². The summed E-state index contributed by atoms with van der Waals surface area (Å²) in [6.45, 7) is 1.83. The fraction of sp³-hybridized carbons (Fsp3) is 0.0667. The molecule has 2 amide bonds. The van der Waals surface area contributed by atoms with Crippen LogP contribution in [0.3, 0.4) is 0 Å². The van der Waals surface area contributed by atoms with E-state index >= 15 is 0 Å². The van der Waals surface area contributed by atoms with Crippen molar-refractivity contribution in [3.05, 3.63) is 63.0 Å². The zero-order chi connectivity index (χ0) is 15.2. The van der Waals surface area contributed by atoms with Crippen LogP contribution in [0, 0.1) is 0 Å². The number of halogens is 2. The van der Waals surface area contributed by atoms with E-state index < -0.39 is 0 Å².